The minimum Gasteiger partial charge on any atom is -0.494 e. The van der Waals surface area contributed by atoms with Crippen molar-refractivity contribution < 1.29 is 24.2 Å². The van der Waals surface area contributed by atoms with Crippen LogP contribution in [0, 0.1) is 11.8 Å². The van der Waals surface area contributed by atoms with Gasteiger partial charge in [-0.25, -0.2) is 4.79 Å². The third-order valence-corrected chi connectivity index (χ3v) is 3.60. The molecule has 0 aromatic heterocycles. The van der Waals surface area contributed by atoms with E-state index in [0.29, 0.717) is 6.42 Å². The lowest BCUT2D eigenvalue weighted by Gasteiger charge is -2.17. The largest absolute Gasteiger partial charge is 0.494 e. The lowest BCUT2D eigenvalue weighted by Crippen LogP contribution is -2.36. The number of anilines is 1. The fourth-order valence-electron chi connectivity index (χ4n) is 2.31. The number of amides is 3. The number of aliphatic carboxylic acids is 1. The molecule has 9 heteroatoms. The van der Waals surface area contributed by atoms with Crippen LogP contribution < -0.4 is 21.1 Å². The van der Waals surface area contributed by atoms with E-state index in [2.05, 4.69) is 10.6 Å². The van der Waals surface area contributed by atoms with E-state index in [0.717, 1.165) is 0 Å². The van der Waals surface area contributed by atoms with Crippen molar-refractivity contribution in [3.8, 4) is 5.75 Å². The van der Waals surface area contributed by atoms with E-state index in [-0.39, 0.29) is 34.5 Å². The number of methoxy groups -OCH3 is 1. The average molecular weight is 372 g/mol. The number of nitrogens with two attached hydrogens (primary N) is 1. The van der Waals surface area contributed by atoms with Gasteiger partial charge in [-0.15, -0.1) is 0 Å². The average Bonchev–Trinajstić information content (AvgIpc) is 2.50. The summed E-state index contributed by atoms with van der Waals surface area (Å²) in [4.78, 5) is 34.7. The SMILES string of the molecule is COc1c(NC(=O)NCC(CC(C)C)C(=O)O)cc(Cl)cc1C(N)=O. The molecule has 1 atom stereocenters. The van der Waals surface area contributed by atoms with Crippen molar-refractivity contribution in [3.63, 3.8) is 0 Å². The summed E-state index contributed by atoms with van der Waals surface area (Å²) >= 11 is 5.92. The highest BCUT2D eigenvalue weighted by atomic mass is 35.5. The van der Waals surface area contributed by atoms with E-state index >= 15 is 0 Å². The zero-order valence-corrected chi connectivity index (χ0v) is 15.0. The summed E-state index contributed by atoms with van der Waals surface area (Å²) in [5.41, 5.74) is 5.44. The second-order valence-electron chi connectivity index (χ2n) is 5.90. The monoisotopic (exact) mass is 371 g/mol. The van der Waals surface area contributed by atoms with Gasteiger partial charge >= 0.3 is 12.0 Å². The van der Waals surface area contributed by atoms with Crippen LogP contribution in [0.15, 0.2) is 12.1 Å². The quantitative estimate of drug-likeness (QED) is 0.557. The van der Waals surface area contributed by atoms with Gasteiger partial charge in [0.1, 0.15) is 0 Å². The number of carboxylic acids is 1. The standard InChI is InChI=1S/C16H22ClN3O5/c1-8(2)4-9(15(22)23)7-19-16(24)20-12-6-10(17)5-11(14(18)21)13(12)25-3/h5-6,8-9H,4,7H2,1-3H3,(H2,18,21)(H,22,23)(H2,19,20,24). The second kappa shape index (κ2) is 9.12. The summed E-state index contributed by atoms with van der Waals surface area (Å²) < 4.78 is 5.11. The smallest absolute Gasteiger partial charge is 0.319 e. The molecule has 8 nitrogen and oxygen atoms in total. The molecular formula is C16H22ClN3O5. The number of primary amides is 1. The van der Waals surface area contributed by atoms with Gasteiger partial charge in [0.25, 0.3) is 5.91 Å². The Morgan fingerprint density at radius 3 is 2.44 bits per heavy atom. The summed E-state index contributed by atoms with van der Waals surface area (Å²) in [6.45, 7) is 3.77. The van der Waals surface area contributed by atoms with Gasteiger partial charge in [0.05, 0.1) is 24.3 Å². The normalized spacial score (nSPS) is 11.7. The molecule has 25 heavy (non-hydrogen) atoms. The van der Waals surface area contributed by atoms with E-state index < -0.39 is 23.8 Å². The molecule has 0 radical (unpaired) electrons. The third-order valence-electron chi connectivity index (χ3n) is 3.39. The summed E-state index contributed by atoms with van der Waals surface area (Å²) in [6, 6.07) is 2.08. The molecule has 0 aliphatic heterocycles. The van der Waals surface area contributed by atoms with Gasteiger partial charge in [0.15, 0.2) is 5.75 Å². The van der Waals surface area contributed by atoms with E-state index in [4.69, 9.17) is 22.1 Å². The highest BCUT2D eigenvalue weighted by Crippen LogP contribution is 2.32. The van der Waals surface area contributed by atoms with Crippen LogP contribution in [0.1, 0.15) is 30.6 Å². The molecule has 0 saturated carbocycles. The molecule has 0 heterocycles. The van der Waals surface area contributed by atoms with Crippen molar-refractivity contribution in [3.05, 3.63) is 22.7 Å². The van der Waals surface area contributed by atoms with Crippen LogP contribution in [0.5, 0.6) is 5.75 Å². The predicted molar refractivity (Wildman–Crippen MR) is 94.1 cm³/mol. The van der Waals surface area contributed by atoms with Crippen molar-refractivity contribution in [1.82, 2.24) is 5.32 Å². The molecule has 1 aromatic rings. The van der Waals surface area contributed by atoms with Gasteiger partial charge in [0.2, 0.25) is 0 Å². The molecule has 5 N–H and O–H groups in total. The van der Waals surface area contributed by atoms with E-state index in [1.807, 2.05) is 13.8 Å². The summed E-state index contributed by atoms with van der Waals surface area (Å²) in [7, 11) is 1.32. The lowest BCUT2D eigenvalue weighted by atomic mass is 9.97. The molecule has 0 aliphatic rings. The Labute approximate surface area is 150 Å². The highest BCUT2D eigenvalue weighted by Gasteiger charge is 2.21. The number of carbonyl (C=O) groups is 3. The number of hydrogen-bond acceptors (Lipinski definition) is 4. The van der Waals surface area contributed by atoms with Crippen molar-refractivity contribution in [1.29, 1.82) is 0 Å². The summed E-state index contributed by atoms with van der Waals surface area (Å²) in [5, 5.41) is 14.3. The number of benzene rings is 1. The third kappa shape index (κ3) is 6.15. The van der Waals surface area contributed by atoms with Crippen LogP contribution in [0.2, 0.25) is 5.02 Å². The molecule has 0 spiro atoms. The lowest BCUT2D eigenvalue weighted by molar-refractivity contribution is -0.142. The fourth-order valence-corrected chi connectivity index (χ4v) is 2.53. The number of hydrogen-bond donors (Lipinski definition) is 4. The first kappa shape index (κ1) is 20.6. The summed E-state index contributed by atoms with van der Waals surface area (Å²) in [6.07, 6.45) is 0.432. The van der Waals surface area contributed by atoms with Gasteiger partial charge in [-0.3, -0.25) is 9.59 Å². The Balaban J connectivity index is 2.86. The van der Waals surface area contributed by atoms with Crippen molar-refractivity contribution in [2.24, 2.45) is 17.6 Å². The Hall–Kier alpha value is -2.48. The predicted octanol–water partition coefficient (Wildman–Crippen LogP) is 2.32. The van der Waals surface area contributed by atoms with Crippen LogP contribution in [-0.4, -0.2) is 36.7 Å². The van der Waals surface area contributed by atoms with E-state index in [1.165, 1.54) is 19.2 Å². The maximum Gasteiger partial charge on any atom is 0.319 e. The first-order valence-corrected chi connectivity index (χ1v) is 7.98. The number of urea groups is 1. The Bertz CT molecular complexity index is 663. The van der Waals surface area contributed by atoms with Crippen LogP contribution in [0.3, 0.4) is 0 Å². The minimum atomic E-state index is -0.981. The zero-order chi connectivity index (χ0) is 19.1. The van der Waals surface area contributed by atoms with Gasteiger partial charge in [-0.05, 0) is 24.5 Å². The summed E-state index contributed by atoms with van der Waals surface area (Å²) in [5.74, 6) is -2.19. The second-order valence-corrected chi connectivity index (χ2v) is 6.33. The molecule has 0 bridgehead atoms. The van der Waals surface area contributed by atoms with Crippen LogP contribution in [0.25, 0.3) is 0 Å². The maximum atomic E-state index is 12.1. The van der Waals surface area contributed by atoms with Gasteiger partial charge < -0.3 is 26.2 Å². The molecule has 1 unspecified atom stereocenters. The Kier molecular flexibility index (Phi) is 7.50. The van der Waals surface area contributed by atoms with Crippen LogP contribution in [0.4, 0.5) is 10.5 Å². The maximum absolute atomic E-state index is 12.1. The van der Waals surface area contributed by atoms with Crippen molar-refractivity contribution in [2.45, 2.75) is 20.3 Å². The number of carboxylic acid groups (broad SMARTS) is 1. The van der Waals surface area contributed by atoms with Gasteiger partial charge in [-0.2, -0.15) is 0 Å². The topological polar surface area (TPSA) is 131 Å². The van der Waals surface area contributed by atoms with Crippen molar-refractivity contribution in [2.75, 3.05) is 19.0 Å². The number of rotatable bonds is 8. The first-order chi connectivity index (χ1) is 11.6. The highest BCUT2D eigenvalue weighted by molar-refractivity contribution is 6.31. The van der Waals surface area contributed by atoms with Gasteiger partial charge in [0, 0.05) is 11.6 Å². The zero-order valence-electron chi connectivity index (χ0n) is 14.3. The van der Waals surface area contributed by atoms with E-state index in [1.54, 1.807) is 0 Å². The molecule has 0 saturated heterocycles. The molecule has 0 aliphatic carbocycles. The number of ether oxygens (including phenoxy) is 1. The molecule has 138 valence electrons. The molecular weight excluding hydrogens is 350 g/mol. The number of nitrogens with one attached hydrogen (secondary N) is 2. The number of halogens is 1. The molecule has 3 amide bonds. The minimum absolute atomic E-state index is 0.0218. The molecule has 0 fully saturated rings. The Morgan fingerprint density at radius 2 is 1.96 bits per heavy atom. The van der Waals surface area contributed by atoms with Crippen LogP contribution >= 0.6 is 11.6 Å². The fraction of sp³-hybridized carbons (Fsp3) is 0.438. The van der Waals surface area contributed by atoms with Crippen molar-refractivity contribution >= 4 is 35.2 Å². The first-order valence-electron chi connectivity index (χ1n) is 7.60. The van der Waals surface area contributed by atoms with Gasteiger partial charge in [-0.1, -0.05) is 25.4 Å². The number of carbonyl (C=O) groups excluding carboxylic acids is 2. The van der Waals surface area contributed by atoms with E-state index in [9.17, 15) is 19.5 Å². The Morgan fingerprint density at radius 1 is 1.32 bits per heavy atom. The van der Waals surface area contributed by atoms with Crippen LogP contribution in [-0.2, 0) is 4.79 Å². The molecule has 1 rings (SSSR count). The molecule has 1 aromatic carbocycles.